The van der Waals surface area contributed by atoms with Gasteiger partial charge in [-0.05, 0) is 39.2 Å². The Labute approximate surface area is 82.5 Å². The summed E-state index contributed by atoms with van der Waals surface area (Å²) in [5, 5.41) is 0. The molecule has 1 rings (SSSR count). The number of nitrogens with two attached hydrogens (primary N) is 1. The summed E-state index contributed by atoms with van der Waals surface area (Å²) in [5.74, 6) is 0.749. The summed E-state index contributed by atoms with van der Waals surface area (Å²) < 4.78 is 0. The molecule has 2 N–H and O–H groups in total. The van der Waals surface area contributed by atoms with E-state index in [1.54, 1.807) is 0 Å². The van der Waals surface area contributed by atoms with Crippen molar-refractivity contribution in [3.63, 3.8) is 0 Å². The highest BCUT2D eigenvalue weighted by molar-refractivity contribution is 4.82. The number of hydrogen-bond acceptors (Lipinski definition) is 2. The van der Waals surface area contributed by atoms with Gasteiger partial charge in [0.25, 0.3) is 0 Å². The lowest BCUT2D eigenvalue weighted by atomic mass is 10.0. The van der Waals surface area contributed by atoms with Crippen LogP contribution in [0.1, 0.15) is 39.5 Å². The van der Waals surface area contributed by atoms with Gasteiger partial charge >= 0.3 is 0 Å². The van der Waals surface area contributed by atoms with Crippen molar-refractivity contribution in [3.8, 4) is 0 Å². The van der Waals surface area contributed by atoms with Gasteiger partial charge in [-0.15, -0.1) is 0 Å². The molecule has 78 valence electrons. The molecular formula is C11H24N2. The topological polar surface area (TPSA) is 29.3 Å². The molecule has 0 aliphatic heterocycles. The summed E-state index contributed by atoms with van der Waals surface area (Å²) in [6.45, 7) is 5.73. The van der Waals surface area contributed by atoms with Crippen molar-refractivity contribution in [2.24, 2.45) is 11.7 Å². The predicted molar refractivity (Wildman–Crippen MR) is 57.7 cm³/mol. The van der Waals surface area contributed by atoms with Crippen molar-refractivity contribution in [2.75, 3.05) is 13.6 Å². The van der Waals surface area contributed by atoms with Crippen LogP contribution in [0.5, 0.6) is 0 Å². The highest BCUT2D eigenvalue weighted by atomic mass is 15.1. The molecule has 0 aromatic rings. The third-order valence-electron chi connectivity index (χ3n) is 3.58. The van der Waals surface area contributed by atoms with Crippen molar-refractivity contribution in [3.05, 3.63) is 0 Å². The maximum atomic E-state index is 6.04. The van der Waals surface area contributed by atoms with Gasteiger partial charge in [0.15, 0.2) is 0 Å². The standard InChI is InChI=1S/C11H24N2/c1-4-9(2)13(3)8-10-6-5-7-11(10)12/h9-11H,4-8,12H2,1-3H3. The molecule has 0 amide bonds. The molecule has 1 aliphatic carbocycles. The number of hydrogen-bond donors (Lipinski definition) is 1. The molecule has 0 bridgehead atoms. The van der Waals surface area contributed by atoms with E-state index in [0.29, 0.717) is 12.1 Å². The first-order valence-corrected chi connectivity index (χ1v) is 5.61. The quantitative estimate of drug-likeness (QED) is 0.722. The summed E-state index contributed by atoms with van der Waals surface area (Å²) in [6.07, 6.45) is 5.14. The smallest absolute Gasteiger partial charge is 0.00793 e. The van der Waals surface area contributed by atoms with E-state index in [-0.39, 0.29) is 0 Å². The van der Waals surface area contributed by atoms with Crippen LogP contribution in [0.2, 0.25) is 0 Å². The van der Waals surface area contributed by atoms with Crippen LogP contribution in [-0.2, 0) is 0 Å². The van der Waals surface area contributed by atoms with Crippen molar-refractivity contribution >= 4 is 0 Å². The second-order valence-corrected chi connectivity index (χ2v) is 4.55. The van der Waals surface area contributed by atoms with Crippen LogP contribution in [0.25, 0.3) is 0 Å². The first-order valence-electron chi connectivity index (χ1n) is 5.61. The van der Waals surface area contributed by atoms with Gasteiger partial charge in [-0.25, -0.2) is 0 Å². The van der Waals surface area contributed by atoms with E-state index in [0.717, 1.165) is 5.92 Å². The third-order valence-corrected chi connectivity index (χ3v) is 3.58. The molecule has 1 aliphatic rings. The van der Waals surface area contributed by atoms with E-state index < -0.39 is 0 Å². The molecule has 0 saturated heterocycles. The Balaban J connectivity index is 2.30. The lowest BCUT2D eigenvalue weighted by Crippen LogP contribution is -2.38. The molecule has 13 heavy (non-hydrogen) atoms. The van der Waals surface area contributed by atoms with Crippen molar-refractivity contribution in [1.29, 1.82) is 0 Å². The molecule has 0 aromatic carbocycles. The molecule has 2 heteroatoms. The second kappa shape index (κ2) is 4.97. The van der Waals surface area contributed by atoms with Gasteiger partial charge in [-0.1, -0.05) is 13.3 Å². The van der Waals surface area contributed by atoms with Crippen molar-refractivity contribution < 1.29 is 0 Å². The Kier molecular flexibility index (Phi) is 4.20. The SMILES string of the molecule is CCC(C)N(C)CC1CCCC1N. The van der Waals surface area contributed by atoms with E-state index in [9.17, 15) is 0 Å². The predicted octanol–water partition coefficient (Wildman–Crippen LogP) is 1.84. The molecule has 0 radical (unpaired) electrons. The van der Waals surface area contributed by atoms with E-state index in [1.807, 2.05) is 0 Å². The van der Waals surface area contributed by atoms with Gasteiger partial charge in [-0.3, -0.25) is 0 Å². The minimum absolute atomic E-state index is 0.464. The number of rotatable bonds is 4. The van der Waals surface area contributed by atoms with Crippen LogP contribution in [0, 0.1) is 5.92 Å². The van der Waals surface area contributed by atoms with Crippen LogP contribution in [0.15, 0.2) is 0 Å². The number of nitrogens with zero attached hydrogens (tertiary/aromatic N) is 1. The molecule has 3 atom stereocenters. The Morgan fingerprint density at radius 3 is 2.62 bits per heavy atom. The first kappa shape index (κ1) is 11.0. The highest BCUT2D eigenvalue weighted by Crippen LogP contribution is 2.25. The van der Waals surface area contributed by atoms with Gasteiger partial charge in [0, 0.05) is 18.6 Å². The summed E-state index contributed by atoms with van der Waals surface area (Å²) in [6, 6.07) is 1.17. The van der Waals surface area contributed by atoms with Crippen LogP contribution in [0.3, 0.4) is 0 Å². The van der Waals surface area contributed by atoms with Crippen LogP contribution >= 0.6 is 0 Å². The van der Waals surface area contributed by atoms with E-state index in [2.05, 4.69) is 25.8 Å². The molecule has 1 fully saturated rings. The highest BCUT2D eigenvalue weighted by Gasteiger charge is 2.25. The Morgan fingerprint density at radius 1 is 1.46 bits per heavy atom. The Hall–Kier alpha value is -0.0800. The molecule has 0 aromatic heterocycles. The van der Waals surface area contributed by atoms with Crippen LogP contribution in [-0.4, -0.2) is 30.6 Å². The summed E-state index contributed by atoms with van der Waals surface area (Å²) in [5.41, 5.74) is 6.04. The fourth-order valence-corrected chi connectivity index (χ4v) is 2.15. The minimum atomic E-state index is 0.464. The minimum Gasteiger partial charge on any atom is -0.327 e. The molecule has 0 heterocycles. The monoisotopic (exact) mass is 184 g/mol. The van der Waals surface area contributed by atoms with E-state index >= 15 is 0 Å². The zero-order chi connectivity index (χ0) is 9.84. The summed E-state index contributed by atoms with van der Waals surface area (Å²) >= 11 is 0. The van der Waals surface area contributed by atoms with E-state index in [1.165, 1.54) is 32.2 Å². The Morgan fingerprint density at radius 2 is 2.15 bits per heavy atom. The molecule has 2 nitrogen and oxygen atoms in total. The average molecular weight is 184 g/mol. The van der Waals surface area contributed by atoms with Crippen LogP contribution < -0.4 is 5.73 Å². The fraction of sp³-hybridized carbons (Fsp3) is 1.00. The van der Waals surface area contributed by atoms with Gasteiger partial charge < -0.3 is 10.6 Å². The lowest BCUT2D eigenvalue weighted by molar-refractivity contribution is 0.207. The molecule has 3 unspecified atom stereocenters. The normalized spacial score (nSPS) is 31.2. The maximum Gasteiger partial charge on any atom is 0.00793 e. The van der Waals surface area contributed by atoms with Gasteiger partial charge in [-0.2, -0.15) is 0 Å². The zero-order valence-corrected chi connectivity index (χ0v) is 9.29. The van der Waals surface area contributed by atoms with Gasteiger partial charge in [0.2, 0.25) is 0 Å². The first-order chi connectivity index (χ1) is 6.15. The Bertz CT molecular complexity index is 147. The largest absolute Gasteiger partial charge is 0.327 e. The van der Waals surface area contributed by atoms with Crippen molar-refractivity contribution in [2.45, 2.75) is 51.6 Å². The third kappa shape index (κ3) is 2.96. The van der Waals surface area contributed by atoms with Crippen molar-refractivity contribution in [1.82, 2.24) is 4.90 Å². The fourth-order valence-electron chi connectivity index (χ4n) is 2.15. The van der Waals surface area contributed by atoms with Gasteiger partial charge in [0.05, 0.1) is 0 Å². The molecule has 1 saturated carbocycles. The summed E-state index contributed by atoms with van der Waals surface area (Å²) in [4.78, 5) is 2.45. The van der Waals surface area contributed by atoms with Gasteiger partial charge in [0.1, 0.15) is 0 Å². The average Bonchev–Trinajstić information content (AvgIpc) is 2.50. The van der Waals surface area contributed by atoms with E-state index in [4.69, 9.17) is 5.73 Å². The molecular weight excluding hydrogens is 160 g/mol. The molecule has 0 spiro atoms. The van der Waals surface area contributed by atoms with Crippen LogP contribution in [0.4, 0.5) is 0 Å². The summed E-state index contributed by atoms with van der Waals surface area (Å²) in [7, 11) is 2.22. The second-order valence-electron chi connectivity index (χ2n) is 4.55. The zero-order valence-electron chi connectivity index (χ0n) is 9.29. The lowest BCUT2D eigenvalue weighted by Gasteiger charge is -2.28. The maximum absolute atomic E-state index is 6.04.